The summed E-state index contributed by atoms with van der Waals surface area (Å²) in [6, 6.07) is 8.85. The number of benzene rings is 1. The molecule has 0 aliphatic heterocycles. The number of aromatic nitrogens is 3. The van der Waals surface area contributed by atoms with Gasteiger partial charge in [0.2, 0.25) is 5.75 Å². The van der Waals surface area contributed by atoms with Gasteiger partial charge in [-0.05, 0) is 37.8 Å². The first kappa shape index (κ1) is 22.9. The Balaban J connectivity index is 1.39. The van der Waals surface area contributed by atoms with Crippen LogP contribution in [0, 0.1) is 10.1 Å². The molecule has 0 saturated heterocycles. The van der Waals surface area contributed by atoms with Crippen LogP contribution in [0.25, 0.3) is 11.3 Å². The van der Waals surface area contributed by atoms with Gasteiger partial charge in [-0.25, -0.2) is 14.8 Å². The second kappa shape index (κ2) is 10.1. The molecule has 0 spiro atoms. The van der Waals surface area contributed by atoms with Gasteiger partial charge in [0, 0.05) is 17.8 Å². The van der Waals surface area contributed by atoms with Gasteiger partial charge >= 0.3 is 11.7 Å². The van der Waals surface area contributed by atoms with Crippen LogP contribution in [0.4, 0.5) is 11.5 Å². The van der Waals surface area contributed by atoms with Gasteiger partial charge in [0.15, 0.2) is 11.5 Å². The number of carbonyl (C=O) groups is 1. The maximum atomic E-state index is 11.9. The molecule has 176 valence electrons. The fourth-order valence-electron chi connectivity index (χ4n) is 3.76. The first-order valence-electron chi connectivity index (χ1n) is 10.7. The van der Waals surface area contributed by atoms with Crippen LogP contribution in [0.5, 0.6) is 11.5 Å². The predicted octanol–water partition coefficient (Wildman–Crippen LogP) is 3.58. The lowest BCUT2D eigenvalue weighted by molar-refractivity contribution is -0.386. The Kier molecular flexibility index (Phi) is 6.81. The van der Waals surface area contributed by atoms with E-state index in [-0.39, 0.29) is 35.2 Å². The second-order valence-corrected chi connectivity index (χ2v) is 7.74. The maximum Gasteiger partial charge on any atom is 0.360 e. The van der Waals surface area contributed by atoms with Crippen LogP contribution in [-0.2, 0) is 4.74 Å². The van der Waals surface area contributed by atoms with E-state index >= 15 is 0 Å². The van der Waals surface area contributed by atoms with E-state index in [1.165, 1.54) is 31.8 Å². The molecule has 3 aromatic rings. The van der Waals surface area contributed by atoms with E-state index in [0.717, 1.165) is 18.4 Å². The monoisotopic (exact) mass is 465 g/mol. The number of nitro groups is 1. The van der Waals surface area contributed by atoms with Crippen molar-refractivity contribution in [3.63, 3.8) is 0 Å². The van der Waals surface area contributed by atoms with E-state index in [9.17, 15) is 14.9 Å². The first-order chi connectivity index (χ1) is 16.4. The fraction of sp³-hybridized carbons (Fsp3) is 0.304. The number of nitrogens with zero attached hydrogens (tertiary/aromatic N) is 4. The predicted molar refractivity (Wildman–Crippen MR) is 121 cm³/mol. The van der Waals surface area contributed by atoms with Crippen LogP contribution in [0.1, 0.15) is 36.2 Å². The smallest absolute Gasteiger partial charge is 0.360 e. The molecule has 1 fully saturated rings. The summed E-state index contributed by atoms with van der Waals surface area (Å²) >= 11 is 0. The molecule has 2 N–H and O–H groups in total. The van der Waals surface area contributed by atoms with E-state index in [1.54, 1.807) is 0 Å². The highest BCUT2D eigenvalue weighted by Crippen LogP contribution is 2.32. The SMILES string of the molecule is COC(=O)c1nc(-c2cccc(OC3CCC(Oc4ccncc4[N+](=O)[O-])CC3)c2)cnc1N. The van der Waals surface area contributed by atoms with Crippen LogP contribution in [0.2, 0.25) is 0 Å². The van der Waals surface area contributed by atoms with E-state index in [4.69, 9.17) is 19.9 Å². The van der Waals surface area contributed by atoms with Crippen LogP contribution in [0.3, 0.4) is 0 Å². The van der Waals surface area contributed by atoms with Crippen molar-refractivity contribution in [2.24, 2.45) is 0 Å². The topological polar surface area (TPSA) is 153 Å². The van der Waals surface area contributed by atoms with Crippen molar-refractivity contribution in [1.29, 1.82) is 0 Å². The molecule has 0 atom stereocenters. The molecule has 0 unspecified atom stereocenters. The van der Waals surface area contributed by atoms with Gasteiger partial charge in [-0.1, -0.05) is 12.1 Å². The molecule has 2 aromatic heterocycles. The minimum Gasteiger partial charge on any atom is -0.490 e. The Hall–Kier alpha value is -4.28. The largest absolute Gasteiger partial charge is 0.490 e. The Labute approximate surface area is 195 Å². The third-order valence-electron chi connectivity index (χ3n) is 5.48. The zero-order valence-corrected chi connectivity index (χ0v) is 18.4. The number of anilines is 1. The highest BCUT2D eigenvalue weighted by Gasteiger charge is 2.26. The summed E-state index contributed by atoms with van der Waals surface area (Å²) in [6.45, 7) is 0. The molecule has 2 heterocycles. The molecule has 0 bridgehead atoms. The number of carbonyl (C=O) groups excluding carboxylic acids is 1. The minimum atomic E-state index is -0.657. The number of nitrogens with two attached hydrogens (primary N) is 1. The summed E-state index contributed by atoms with van der Waals surface area (Å²) in [5, 5.41) is 11.2. The molecule has 1 aromatic carbocycles. The summed E-state index contributed by atoms with van der Waals surface area (Å²) in [6.07, 6.45) is 6.89. The van der Waals surface area contributed by atoms with E-state index in [0.29, 0.717) is 24.3 Å². The van der Waals surface area contributed by atoms with Gasteiger partial charge in [0.05, 0.1) is 36.1 Å². The summed E-state index contributed by atoms with van der Waals surface area (Å²) in [7, 11) is 1.25. The number of hydrogen-bond donors (Lipinski definition) is 1. The Morgan fingerprint density at radius 1 is 1.12 bits per heavy atom. The zero-order chi connectivity index (χ0) is 24.1. The van der Waals surface area contributed by atoms with Crippen LogP contribution in [0.15, 0.2) is 48.9 Å². The molecule has 0 radical (unpaired) electrons. The Bertz CT molecular complexity index is 1200. The molecule has 1 aliphatic carbocycles. The maximum absolute atomic E-state index is 11.9. The van der Waals surface area contributed by atoms with Crippen molar-refractivity contribution in [3.05, 3.63) is 64.7 Å². The lowest BCUT2D eigenvalue weighted by Crippen LogP contribution is -2.30. The van der Waals surface area contributed by atoms with Gasteiger partial charge in [-0.3, -0.25) is 15.1 Å². The molecule has 34 heavy (non-hydrogen) atoms. The molecule has 11 heteroatoms. The average molecular weight is 465 g/mol. The molecular formula is C23H23N5O6. The fourth-order valence-corrected chi connectivity index (χ4v) is 3.76. The quantitative estimate of drug-likeness (QED) is 0.311. The Morgan fingerprint density at radius 3 is 2.56 bits per heavy atom. The second-order valence-electron chi connectivity index (χ2n) is 7.74. The summed E-state index contributed by atoms with van der Waals surface area (Å²) in [5.74, 6) is 0.229. The lowest BCUT2D eigenvalue weighted by atomic mass is 9.95. The molecule has 4 rings (SSSR count). The minimum absolute atomic E-state index is 0.000851. The molecular weight excluding hydrogens is 442 g/mol. The van der Waals surface area contributed by atoms with Gasteiger partial charge < -0.3 is 19.9 Å². The standard InChI is InChI=1S/C23H23N5O6/c1-32-23(29)21-22(24)26-12-18(27-21)14-3-2-4-17(11-14)33-15-5-7-16(8-6-15)34-20-9-10-25-13-19(20)28(30)31/h2-4,9-13,15-16H,5-8H2,1H3,(H2,24,26). The third kappa shape index (κ3) is 5.20. The van der Waals surface area contributed by atoms with Crippen molar-refractivity contribution in [3.8, 4) is 22.8 Å². The van der Waals surface area contributed by atoms with Crippen molar-refractivity contribution in [2.45, 2.75) is 37.9 Å². The summed E-state index contributed by atoms with van der Waals surface area (Å²) < 4.78 is 16.7. The number of methoxy groups -OCH3 is 1. The van der Waals surface area contributed by atoms with E-state index in [2.05, 4.69) is 15.0 Å². The normalized spacial score (nSPS) is 17.6. The summed E-state index contributed by atoms with van der Waals surface area (Å²) in [5.41, 5.74) is 6.74. The van der Waals surface area contributed by atoms with Crippen molar-refractivity contribution in [1.82, 2.24) is 15.0 Å². The molecule has 1 aliphatic rings. The number of pyridine rings is 1. The number of esters is 1. The van der Waals surface area contributed by atoms with Gasteiger partial charge in [-0.2, -0.15) is 0 Å². The third-order valence-corrected chi connectivity index (χ3v) is 5.48. The highest BCUT2D eigenvalue weighted by molar-refractivity contribution is 5.92. The first-order valence-corrected chi connectivity index (χ1v) is 10.7. The molecule has 0 amide bonds. The van der Waals surface area contributed by atoms with Crippen molar-refractivity contribution < 1.29 is 23.9 Å². The zero-order valence-electron chi connectivity index (χ0n) is 18.4. The molecule has 1 saturated carbocycles. The van der Waals surface area contributed by atoms with Crippen LogP contribution < -0.4 is 15.2 Å². The van der Waals surface area contributed by atoms with Gasteiger partial charge in [0.1, 0.15) is 11.9 Å². The number of ether oxygens (including phenoxy) is 3. The molecule has 11 nitrogen and oxygen atoms in total. The highest BCUT2D eigenvalue weighted by atomic mass is 16.6. The van der Waals surface area contributed by atoms with Gasteiger partial charge in [-0.15, -0.1) is 0 Å². The van der Waals surface area contributed by atoms with Crippen molar-refractivity contribution >= 4 is 17.5 Å². The number of nitrogen functional groups attached to an aromatic ring is 1. The van der Waals surface area contributed by atoms with Crippen molar-refractivity contribution in [2.75, 3.05) is 12.8 Å². The number of rotatable bonds is 7. The van der Waals surface area contributed by atoms with Crippen LogP contribution >= 0.6 is 0 Å². The van der Waals surface area contributed by atoms with Gasteiger partial charge in [0.25, 0.3) is 0 Å². The Morgan fingerprint density at radius 2 is 1.85 bits per heavy atom. The number of hydrogen-bond acceptors (Lipinski definition) is 10. The van der Waals surface area contributed by atoms with Crippen LogP contribution in [-0.4, -0.2) is 45.2 Å². The summed E-state index contributed by atoms with van der Waals surface area (Å²) in [4.78, 5) is 34.6. The van der Waals surface area contributed by atoms with E-state index in [1.807, 2.05) is 24.3 Å². The van der Waals surface area contributed by atoms with E-state index < -0.39 is 10.9 Å². The lowest BCUT2D eigenvalue weighted by Gasteiger charge is -2.29. The average Bonchev–Trinajstić information content (AvgIpc) is 2.85.